The van der Waals surface area contributed by atoms with Crippen molar-refractivity contribution in [3.05, 3.63) is 113 Å². The van der Waals surface area contributed by atoms with Gasteiger partial charge >= 0.3 is 0 Å². The van der Waals surface area contributed by atoms with Crippen molar-refractivity contribution in [3.8, 4) is 11.3 Å². The fourth-order valence-corrected chi connectivity index (χ4v) is 4.67. The van der Waals surface area contributed by atoms with Crippen molar-refractivity contribution >= 4 is 34.6 Å². The second kappa shape index (κ2) is 10.6. The number of pyridine rings is 1. The van der Waals surface area contributed by atoms with Crippen LogP contribution in [-0.4, -0.2) is 32.4 Å². The molecule has 1 aliphatic heterocycles. The van der Waals surface area contributed by atoms with Crippen molar-refractivity contribution in [2.45, 2.75) is 18.5 Å². The number of rotatable bonds is 8. The molecule has 1 saturated heterocycles. The molecule has 0 radical (unpaired) electrons. The van der Waals surface area contributed by atoms with E-state index in [0.29, 0.717) is 28.7 Å². The molecule has 3 heterocycles. The van der Waals surface area contributed by atoms with Crippen LogP contribution in [0.4, 0.5) is 11.4 Å². The molecule has 1 amide bonds. The zero-order valence-electron chi connectivity index (χ0n) is 19.6. The second-order valence-corrected chi connectivity index (χ2v) is 8.88. The van der Waals surface area contributed by atoms with E-state index in [1.165, 1.54) is 12.1 Å². The first kappa shape index (κ1) is 24.1. The third kappa shape index (κ3) is 5.34. The molecule has 2 aromatic heterocycles. The van der Waals surface area contributed by atoms with Crippen molar-refractivity contribution in [1.82, 2.24) is 15.2 Å². The summed E-state index contributed by atoms with van der Waals surface area (Å²) >= 11 is 5.67. The SMILES string of the molecule is O=C(CCN1C(=S)NC(c2ccccn2)C1c1ccc(-c2ccc([N+](=O)[O-])cc2)o1)Nc1ccccc1. The summed E-state index contributed by atoms with van der Waals surface area (Å²) < 4.78 is 6.25. The number of nitrogens with zero attached hydrogens (tertiary/aromatic N) is 3. The van der Waals surface area contributed by atoms with Gasteiger partial charge in [-0.1, -0.05) is 24.3 Å². The Morgan fingerprint density at radius 1 is 1.05 bits per heavy atom. The largest absolute Gasteiger partial charge is 0.459 e. The maximum Gasteiger partial charge on any atom is 0.269 e. The molecule has 2 N–H and O–H groups in total. The Hall–Kier alpha value is -4.57. The second-order valence-electron chi connectivity index (χ2n) is 8.49. The van der Waals surface area contributed by atoms with Gasteiger partial charge in [0.25, 0.3) is 5.69 Å². The molecule has 0 saturated carbocycles. The van der Waals surface area contributed by atoms with E-state index in [1.807, 2.05) is 65.6 Å². The number of nitrogens with one attached hydrogen (secondary N) is 2. The molecular formula is C27H23N5O4S. The third-order valence-electron chi connectivity index (χ3n) is 6.12. The molecule has 0 spiro atoms. The van der Waals surface area contributed by atoms with Crippen LogP contribution in [0.15, 0.2) is 95.5 Å². The Balaban J connectivity index is 1.40. The molecule has 10 heteroatoms. The van der Waals surface area contributed by atoms with Crippen LogP contribution in [0.2, 0.25) is 0 Å². The fraction of sp³-hybridized carbons (Fsp3) is 0.148. The van der Waals surface area contributed by atoms with Crippen LogP contribution >= 0.6 is 12.2 Å². The topological polar surface area (TPSA) is 114 Å². The van der Waals surface area contributed by atoms with Crippen molar-refractivity contribution in [1.29, 1.82) is 0 Å². The van der Waals surface area contributed by atoms with Gasteiger partial charge in [0.1, 0.15) is 17.6 Å². The average Bonchev–Trinajstić information content (AvgIpc) is 3.53. The molecule has 5 rings (SSSR count). The van der Waals surface area contributed by atoms with Crippen molar-refractivity contribution in [2.75, 3.05) is 11.9 Å². The third-order valence-corrected chi connectivity index (χ3v) is 6.47. The number of nitro groups is 1. The number of carbonyl (C=O) groups excluding carboxylic acids is 1. The Kier molecular flexibility index (Phi) is 6.91. The van der Waals surface area contributed by atoms with E-state index in [-0.39, 0.29) is 30.1 Å². The number of nitro benzene ring substituents is 1. The van der Waals surface area contributed by atoms with E-state index in [2.05, 4.69) is 15.6 Å². The van der Waals surface area contributed by atoms with Gasteiger partial charge in [0.05, 0.1) is 16.7 Å². The molecule has 37 heavy (non-hydrogen) atoms. The van der Waals surface area contributed by atoms with E-state index in [0.717, 1.165) is 11.4 Å². The van der Waals surface area contributed by atoms with Crippen LogP contribution < -0.4 is 10.6 Å². The summed E-state index contributed by atoms with van der Waals surface area (Å²) in [6, 6.07) is 24.2. The normalized spacial score (nSPS) is 16.9. The quantitative estimate of drug-likeness (QED) is 0.187. The molecule has 0 aliphatic carbocycles. The van der Waals surface area contributed by atoms with Crippen LogP contribution in [0.3, 0.4) is 0 Å². The van der Waals surface area contributed by atoms with Crippen LogP contribution in [-0.2, 0) is 4.79 Å². The number of hydrogen-bond acceptors (Lipinski definition) is 6. The van der Waals surface area contributed by atoms with E-state index in [1.54, 1.807) is 18.3 Å². The van der Waals surface area contributed by atoms with Crippen molar-refractivity contribution < 1.29 is 14.1 Å². The van der Waals surface area contributed by atoms with Gasteiger partial charge in [-0.15, -0.1) is 0 Å². The number of carbonyl (C=O) groups is 1. The number of hydrogen-bond donors (Lipinski definition) is 2. The molecule has 1 aliphatic rings. The summed E-state index contributed by atoms with van der Waals surface area (Å²) in [5.74, 6) is 1.09. The lowest BCUT2D eigenvalue weighted by atomic mass is 10.0. The van der Waals surface area contributed by atoms with Crippen LogP contribution in [0.5, 0.6) is 0 Å². The first-order chi connectivity index (χ1) is 18.0. The predicted octanol–water partition coefficient (Wildman–Crippen LogP) is 5.25. The Morgan fingerprint density at radius 2 is 1.81 bits per heavy atom. The van der Waals surface area contributed by atoms with E-state index in [4.69, 9.17) is 16.6 Å². The minimum Gasteiger partial charge on any atom is -0.459 e. The minimum absolute atomic E-state index is 0.0102. The summed E-state index contributed by atoms with van der Waals surface area (Å²) in [6.45, 7) is 0.367. The van der Waals surface area contributed by atoms with Gasteiger partial charge < -0.3 is 20.0 Å². The summed E-state index contributed by atoms with van der Waals surface area (Å²) in [7, 11) is 0. The molecule has 2 aromatic carbocycles. The van der Waals surface area contributed by atoms with E-state index < -0.39 is 4.92 Å². The Labute approximate surface area is 218 Å². The molecular weight excluding hydrogens is 490 g/mol. The number of anilines is 1. The van der Waals surface area contributed by atoms with Crippen LogP contribution in [0.25, 0.3) is 11.3 Å². The summed E-state index contributed by atoms with van der Waals surface area (Å²) in [6.07, 6.45) is 1.94. The zero-order valence-corrected chi connectivity index (χ0v) is 20.4. The lowest BCUT2D eigenvalue weighted by Gasteiger charge is -2.25. The monoisotopic (exact) mass is 513 g/mol. The van der Waals surface area contributed by atoms with E-state index >= 15 is 0 Å². The van der Waals surface area contributed by atoms with Crippen molar-refractivity contribution in [3.63, 3.8) is 0 Å². The van der Waals surface area contributed by atoms with Gasteiger partial charge in [-0.25, -0.2) is 0 Å². The highest BCUT2D eigenvalue weighted by Gasteiger charge is 2.41. The number of furan rings is 1. The first-order valence-corrected chi connectivity index (χ1v) is 12.1. The molecule has 2 unspecified atom stereocenters. The highest BCUT2D eigenvalue weighted by atomic mass is 32.1. The predicted molar refractivity (Wildman–Crippen MR) is 143 cm³/mol. The minimum atomic E-state index is -0.439. The number of para-hydroxylation sites is 1. The highest BCUT2D eigenvalue weighted by molar-refractivity contribution is 7.80. The Morgan fingerprint density at radius 3 is 2.51 bits per heavy atom. The lowest BCUT2D eigenvalue weighted by molar-refractivity contribution is -0.384. The maximum absolute atomic E-state index is 12.6. The molecule has 9 nitrogen and oxygen atoms in total. The molecule has 0 bridgehead atoms. The van der Waals surface area contributed by atoms with Crippen LogP contribution in [0, 0.1) is 10.1 Å². The molecule has 186 valence electrons. The Bertz CT molecular complexity index is 1410. The summed E-state index contributed by atoms with van der Waals surface area (Å²) in [5, 5.41) is 17.7. The molecule has 4 aromatic rings. The van der Waals surface area contributed by atoms with Gasteiger partial charge in [-0.3, -0.25) is 19.9 Å². The zero-order chi connectivity index (χ0) is 25.8. The van der Waals surface area contributed by atoms with Gasteiger partial charge in [0, 0.05) is 42.5 Å². The van der Waals surface area contributed by atoms with Crippen molar-refractivity contribution in [2.24, 2.45) is 0 Å². The fourth-order valence-electron chi connectivity index (χ4n) is 4.34. The average molecular weight is 514 g/mol. The van der Waals surface area contributed by atoms with Gasteiger partial charge in [0.2, 0.25) is 5.91 Å². The molecule has 1 fully saturated rings. The summed E-state index contributed by atoms with van der Waals surface area (Å²) in [4.78, 5) is 29.7. The number of benzene rings is 2. The number of aromatic nitrogens is 1. The maximum atomic E-state index is 12.6. The highest BCUT2D eigenvalue weighted by Crippen LogP contribution is 2.40. The van der Waals surface area contributed by atoms with Gasteiger partial charge in [-0.2, -0.15) is 0 Å². The van der Waals surface area contributed by atoms with Gasteiger partial charge in [-0.05, 0) is 60.7 Å². The number of non-ortho nitro benzene ring substituents is 1. The smallest absolute Gasteiger partial charge is 0.269 e. The van der Waals surface area contributed by atoms with E-state index in [9.17, 15) is 14.9 Å². The van der Waals surface area contributed by atoms with Gasteiger partial charge in [0.15, 0.2) is 5.11 Å². The summed E-state index contributed by atoms with van der Waals surface area (Å²) in [5.41, 5.74) is 2.25. The first-order valence-electron chi connectivity index (χ1n) is 11.7. The molecule has 2 atom stereocenters. The lowest BCUT2D eigenvalue weighted by Crippen LogP contribution is -2.32. The number of amides is 1. The standard InChI is InChI=1S/C27H23N5O4S/c33-24(29-19-6-2-1-3-7-19)15-17-31-26(25(30-27(31)37)21-8-4-5-16-28-21)23-14-13-22(36-23)18-9-11-20(12-10-18)32(34)35/h1-14,16,25-26H,15,17H2,(H,29,33)(H,30,37). The number of thiocarbonyl (C=S) groups is 1. The van der Waals surface area contributed by atoms with Crippen LogP contribution in [0.1, 0.15) is 30.0 Å².